The van der Waals surface area contributed by atoms with E-state index in [1.165, 1.54) is 0 Å². The molecule has 0 unspecified atom stereocenters. The Morgan fingerprint density at radius 1 is 1.18 bits per heavy atom. The number of aliphatic hydroxyl groups is 4. The monoisotopic (exact) mass is 274 g/mol. The highest BCUT2D eigenvalue weighted by molar-refractivity contribution is 7.43. The van der Waals surface area contributed by atoms with E-state index < -0.39 is 44.8 Å². The van der Waals surface area contributed by atoms with Gasteiger partial charge < -0.3 is 44.4 Å². The Bertz CT molecular complexity index is 299. The van der Waals surface area contributed by atoms with Gasteiger partial charge in [0.05, 0.1) is 14.4 Å². The maximum atomic E-state index is 10.2. The van der Waals surface area contributed by atoms with Gasteiger partial charge in [0.1, 0.15) is 18.3 Å². The summed E-state index contributed by atoms with van der Waals surface area (Å²) < 4.78 is 13.6. The van der Waals surface area contributed by atoms with E-state index >= 15 is 0 Å². The zero-order valence-corrected chi connectivity index (χ0v) is 9.14. The second-order valence-corrected chi connectivity index (χ2v) is 4.23. The lowest BCUT2D eigenvalue weighted by Gasteiger charge is -2.31. The highest BCUT2D eigenvalue weighted by atomic mass is 31.2. The molecule has 17 heavy (non-hydrogen) atoms. The van der Waals surface area contributed by atoms with Crippen molar-refractivity contribution in [3.05, 3.63) is 0 Å². The molecule has 5 N–H and O–H groups in total. The SMILES string of the molecule is O=C(O)[C@H](O)[C@@H](O)[C@H](O)[C@H](O)COP(=O)([O-])[O-]. The highest BCUT2D eigenvalue weighted by Gasteiger charge is 2.34. The fourth-order valence-electron chi connectivity index (χ4n) is 0.827. The third-order valence-electron chi connectivity index (χ3n) is 1.72. The maximum absolute atomic E-state index is 10.2. The van der Waals surface area contributed by atoms with Crippen LogP contribution in [0.2, 0.25) is 0 Å². The third kappa shape index (κ3) is 6.05. The van der Waals surface area contributed by atoms with E-state index in [1.54, 1.807) is 0 Å². The molecule has 0 aromatic heterocycles. The number of carboxylic acid groups (broad SMARTS) is 1. The summed E-state index contributed by atoms with van der Waals surface area (Å²) in [6.07, 6.45) is -8.92. The lowest BCUT2D eigenvalue weighted by molar-refractivity contribution is -0.343. The topological polar surface area (TPSA) is 191 Å². The van der Waals surface area contributed by atoms with E-state index in [2.05, 4.69) is 4.52 Å². The van der Waals surface area contributed by atoms with E-state index in [1.807, 2.05) is 0 Å². The summed E-state index contributed by atoms with van der Waals surface area (Å²) in [4.78, 5) is 30.2. The Balaban J connectivity index is 4.34. The molecule has 0 fully saturated rings. The zero-order valence-electron chi connectivity index (χ0n) is 8.24. The lowest BCUT2D eigenvalue weighted by atomic mass is 10.0. The average molecular weight is 274 g/mol. The van der Waals surface area contributed by atoms with Crippen molar-refractivity contribution in [2.24, 2.45) is 0 Å². The van der Waals surface area contributed by atoms with Crippen molar-refractivity contribution in [3.8, 4) is 0 Å². The molecular weight excluding hydrogens is 263 g/mol. The molecule has 0 aromatic rings. The van der Waals surface area contributed by atoms with Gasteiger partial charge in [0.15, 0.2) is 6.10 Å². The molecule has 4 atom stereocenters. The number of carboxylic acids is 1. The molecule has 0 aliphatic rings. The van der Waals surface area contributed by atoms with Crippen molar-refractivity contribution in [3.63, 3.8) is 0 Å². The second-order valence-electron chi connectivity index (χ2n) is 3.07. The Hall–Kier alpha value is -0.580. The van der Waals surface area contributed by atoms with Gasteiger partial charge >= 0.3 is 5.97 Å². The first kappa shape index (κ1) is 16.4. The number of aliphatic carboxylic acids is 1. The summed E-state index contributed by atoms with van der Waals surface area (Å²) in [6, 6.07) is 0. The number of phosphoric ester groups is 1. The second kappa shape index (κ2) is 6.38. The predicted molar refractivity (Wildman–Crippen MR) is 45.2 cm³/mol. The van der Waals surface area contributed by atoms with Crippen LogP contribution >= 0.6 is 7.82 Å². The van der Waals surface area contributed by atoms with Gasteiger partial charge in [-0.25, -0.2) is 4.79 Å². The normalized spacial score (nSPS) is 19.4. The number of hydrogen-bond acceptors (Lipinski definition) is 9. The van der Waals surface area contributed by atoms with Crippen LogP contribution in [0, 0.1) is 0 Å². The first-order chi connectivity index (χ1) is 7.56. The minimum absolute atomic E-state index is 1.17. The van der Waals surface area contributed by atoms with Crippen molar-refractivity contribution in [2.45, 2.75) is 24.4 Å². The Kier molecular flexibility index (Phi) is 6.16. The summed E-state index contributed by atoms with van der Waals surface area (Å²) in [6.45, 7) is -1.17. The molecule has 0 rings (SSSR count). The van der Waals surface area contributed by atoms with Crippen LogP contribution in [0.3, 0.4) is 0 Å². The molecule has 0 spiro atoms. The van der Waals surface area contributed by atoms with Crippen molar-refractivity contribution in [1.29, 1.82) is 0 Å². The fourth-order valence-corrected chi connectivity index (χ4v) is 1.16. The predicted octanol–water partition coefficient (Wildman–Crippen LogP) is -4.64. The van der Waals surface area contributed by atoms with Gasteiger partial charge in [0.25, 0.3) is 0 Å². The molecule has 11 heteroatoms. The minimum Gasteiger partial charge on any atom is -0.790 e. The van der Waals surface area contributed by atoms with Crippen molar-refractivity contribution < 1.29 is 49.2 Å². The molecule has 0 heterocycles. The lowest BCUT2D eigenvalue weighted by Crippen LogP contribution is -2.49. The number of rotatable bonds is 7. The Labute approximate surface area is 94.9 Å². The van der Waals surface area contributed by atoms with Gasteiger partial charge in [-0.2, -0.15) is 0 Å². The van der Waals surface area contributed by atoms with Crippen LogP contribution in [0.4, 0.5) is 0 Å². The summed E-state index contributed by atoms with van der Waals surface area (Å²) in [5.74, 6) is -1.86. The van der Waals surface area contributed by atoms with Gasteiger partial charge in [-0.15, -0.1) is 0 Å². The number of aliphatic hydroxyl groups excluding tert-OH is 4. The summed E-state index contributed by atoms with van der Waals surface area (Å²) in [5, 5.41) is 44.3. The van der Waals surface area contributed by atoms with Gasteiger partial charge in [-0.05, 0) is 0 Å². The van der Waals surface area contributed by atoms with E-state index in [0.29, 0.717) is 0 Å². The van der Waals surface area contributed by atoms with E-state index in [0.717, 1.165) is 0 Å². The standard InChI is InChI=1S/C6H13O10P/c7-2(1-16-17(13,14)15)3(8)4(9)5(10)6(11)12/h2-5,7-10H,1H2,(H,11,12)(H2,13,14,15)/p-2/t2-,3-,4+,5-/m1/s1. The van der Waals surface area contributed by atoms with E-state index in [9.17, 15) is 19.1 Å². The Morgan fingerprint density at radius 3 is 2.00 bits per heavy atom. The number of carbonyl (C=O) groups is 1. The molecule has 0 aliphatic heterocycles. The van der Waals surface area contributed by atoms with Crippen LogP contribution in [0.5, 0.6) is 0 Å². The Morgan fingerprint density at radius 2 is 1.65 bits per heavy atom. The quantitative estimate of drug-likeness (QED) is 0.282. The van der Waals surface area contributed by atoms with Crippen LogP contribution in [-0.2, 0) is 13.9 Å². The zero-order chi connectivity index (χ0) is 13.8. The summed E-state index contributed by atoms with van der Waals surface area (Å²) in [5.41, 5.74) is 0. The first-order valence-electron chi connectivity index (χ1n) is 4.18. The number of hydrogen-bond donors (Lipinski definition) is 5. The molecule has 0 saturated heterocycles. The molecule has 0 aliphatic carbocycles. The first-order valence-corrected chi connectivity index (χ1v) is 5.64. The highest BCUT2D eigenvalue weighted by Crippen LogP contribution is 2.25. The largest absolute Gasteiger partial charge is 0.790 e. The van der Waals surface area contributed by atoms with Crippen LogP contribution in [0.25, 0.3) is 0 Å². The van der Waals surface area contributed by atoms with Gasteiger partial charge in [0, 0.05) is 0 Å². The van der Waals surface area contributed by atoms with Gasteiger partial charge in [-0.1, -0.05) is 0 Å². The molecular formula is C6H11O10P-2. The summed E-state index contributed by atoms with van der Waals surface area (Å²) >= 11 is 0. The van der Waals surface area contributed by atoms with E-state index in [4.69, 9.17) is 25.5 Å². The van der Waals surface area contributed by atoms with Crippen LogP contribution in [0.15, 0.2) is 0 Å². The maximum Gasteiger partial charge on any atom is 0.335 e. The van der Waals surface area contributed by atoms with Gasteiger partial charge in [-0.3, -0.25) is 0 Å². The average Bonchev–Trinajstić information content (AvgIpc) is 2.21. The third-order valence-corrected chi connectivity index (χ3v) is 2.19. The van der Waals surface area contributed by atoms with Crippen LogP contribution in [0.1, 0.15) is 0 Å². The molecule has 0 saturated carbocycles. The van der Waals surface area contributed by atoms with Crippen LogP contribution < -0.4 is 9.79 Å². The van der Waals surface area contributed by atoms with Gasteiger partial charge in [0.2, 0.25) is 0 Å². The van der Waals surface area contributed by atoms with Crippen LogP contribution in [-0.4, -0.2) is 62.5 Å². The molecule has 0 aromatic carbocycles. The van der Waals surface area contributed by atoms with E-state index in [-0.39, 0.29) is 0 Å². The van der Waals surface area contributed by atoms with Crippen molar-refractivity contribution in [2.75, 3.05) is 6.61 Å². The molecule has 102 valence electrons. The molecule has 0 bridgehead atoms. The molecule has 0 amide bonds. The fraction of sp³-hybridized carbons (Fsp3) is 0.833. The van der Waals surface area contributed by atoms with Crippen molar-refractivity contribution in [1.82, 2.24) is 0 Å². The minimum atomic E-state index is -5.36. The number of phosphoric acid groups is 1. The molecule has 10 nitrogen and oxygen atoms in total. The smallest absolute Gasteiger partial charge is 0.335 e. The van der Waals surface area contributed by atoms with Crippen molar-refractivity contribution >= 4 is 13.8 Å². The summed E-state index contributed by atoms with van der Waals surface area (Å²) in [7, 11) is -5.36. The molecule has 0 radical (unpaired) electrons.